The third-order valence-corrected chi connectivity index (χ3v) is 5.12. The molecule has 1 atom stereocenters. The summed E-state index contributed by atoms with van der Waals surface area (Å²) in [6.45, 7) is 11.6. The summed E-state index contributed by atoms with van der Waals surface area (Å²) in [6.07, 6.45) is 4.66. The van der Waals surface area contributed by atoms with Crippen LogP contribution < -0.4 is 0 Å². The van der Waals surface area contributed by atoms with Crippen LogP contribution in [0.1, 0.15) is 31.8 Å². The normalized spacial score (nSPS) is 25.1. The Morgan fingerprint density at radius 1 is 1.20 bits per heavy atom. The lowest BCUT2D eigenvalue weighted by atomic mass is 9.86. The van der Waals surface area contributed by atoms with Gasteiger partial charge in [-0.3, -0.25) is 4.90 Å². The number of likely N-dealkylation sites (N-methyl/N-ethyl adjacent to an activating group) is 1. The van der Waals surface area contributed by atoms with E-state index in [1.807, 2.05) is 0 Å². The summed E-state index contributed by atoms with van der Waals surface area (Å²) in [5, 5.41) is 0. The van der Waals surface area contributed by atoms with Crippen LogP contribution in [0.25, 0.3) is 0 Å². The molecule has 1 aromatic rings. The van der Waals surface area contributed by atoms with Crippen molar-refractivity contribution in [2.75, 3.05) is 33.2 Å². The minimum absolute atomic E-state index is 0.791. The first-order valence-electron chi connectivity index (χ1n) is 8.07. The fourth-order valence-corrected chi connectivity index (χ4v) is 3.46. The van der Waals surface area contributed by atoms with Crippen molar-refractivity contribution < 1.29 is 0 Å². The quantitative estimate of drug-likeness (QED) is 0.842. The van der Waals surface area contributed by atoms with Crippen molar-refractivity contribution in [1.29, 1.82) is 0 Å². The molecule has 2 aliphatic rings. The SMILES string of the molecule is CC(C)C1CCn2c(cnc2CN2CCN(C)CC2)C1. The van der Waals surface area contributed by atoms with E-state index in [-0.39, 0.29) is 0 Å². The third kappa shape index (κ3) is 2.91. The molecule has 1 aromatic heterocycles. The van der Waals surface area contributed by atoms with Gasteiger partial charge < -0.3 is 9.47 Å². The molecule has 0 N–H and O–H groups in total. The number of imidazole rings is 1. The summed E-state index contributed by atoms with van der Waals surface area (Å²) in [6, 6.07) is 0. The molecule has 20 heavy (non-hydrogen) atoms. The standard InChI is InChI=1S/C16H28N4/c1-13(2)14-4-5-20-15(10-14)11-17-16(20)12-19-8-6-18(3)7-9-19/h11,13-14H,4-10,12H2,1-3H3. The molecule has 0 amide bonds. The van der Waals surface area contributed by atoms with E-state index >= 15 is 0 Å². The number of hydrogen-bond donors (Lipinski definition) is 0. The second-order valence-electron chi connectivity index (χ2n) is 6.89. The molecule has 3 heterocycles. The first kappa shape index (κ1) is 14.1. The smallest absolute Gasteiger partial charge is 0.123 e. The Balaban J connectivity index is 1.65. The first-order chi connectivity index (χ1) is 9.63. The average Bonchev–Trinajstić information content (AvgIpc) is 2.84. The minimum atomic E-state index is 0.791. The maximum absolute atomic E-state index is 4.71. The third-order valence-electron chi connectivity index (χ3n) is 5.12. The largest absolute Gasteiger partial charge is 0.331 e. The van der Waals surface area contributed by atoms with E-state index in [1.165, 1.54) is 57.1 Å². The van der Waals surface area contributed by atoms with Gasteiger partial charge in [0.15, 0.2) is 0 Å². The van der Waals surface area contributed by atoms with Gasteiger partial charge >= 0.3 is 0 Å². The Morgan fingerprint density at radius 3 is 2.65 bits per heavy atom. The Kier molecular flexibility index (Phi) is 4.13. The molecule has 0 bridgehead atoms. The molecule has 1 saturated heterocycles. The lowest BCUT2D eigenvalue weighted by Crippen LogP contribution is -2.44. The molecule has 2 aliphatic heterocycles. The lowest BCUT2D eigenvalue weighted by molar-refractivity contribution is 0.143. The van der Waals surface area contributed by atoms with Gasteiger partial charge in [0.05, 0.1) is 6.54 Å². The highest BCUT2D eigenvalue weighted by Gasteiger charge is 2.24. The summed E-state index contributed by atoms with van der Waals surface area (Å²) >= 11 is 0. The molecule has 1 unspecified atom stereocenters. The predicted molar refractivity (Wildman–Crippen MR) is 81.7 cm³/mol. The second-order valence-corrected chi connectivity index (χ2v) is 6.89. The molecule has 112 valence electrons. The average molecular weight is 276 g/mol. The molecule has 1 fully saturated rings. The van der Waals surface area contributed by atoms with Gasteiger partial charge in [0.25, 0.3) is 0 Å². The van der Waals surface area contributed by atoms with Crippen LogP contribution in [-0.4, -0.2) is 52.6 Å². The number of hydrogen-bond acceptors (Lipinski definition) is 3. The number of nitrogens with zero attached hydrogens (tertiary/aromatic N) is 4. The maximum atomic E-state index is 4.71. The molecule has 3 rings (SSSR count). The van der Waals surface area contributed by atoms with Gasteiger partial charge in [-0.15, -0.1) is 0 Å². The summed E-state index contributed by atoms with van der Waals surface area (Å²) < 4.78 is 2.48. The van der Waals surface area contributed by atoms with Gasteiger partial charge in [-0.1, -0.05) is 13.8 Å². The van der Waals surface area contributed by atoms with Crippen LogP contribution in [0.15, 0.2) is 6.20 Å². The van der Waals surface area contributed by atoms with Crippen LogP contribution in [0.3, 0.4) is 0 Å². The van der Waals surface area contributed by atoms with Crippen LogP contribution in [0.5, 0.6) is 0 Å². The Hall–Kier alpha value is -0.870. The highest BCUT2D eigenvalue weighted by molar-refractivity contribution is 5.09. The van der Waals surface area contributed by atoms with E-state index in [9.17, 15) is 0 Å². The van der Waals surface area contributed by atoms with E-state index < -0.39 is 0 Å². The molecule has 4 nitrogen and oxygen atoms in total. The van der Waals surface area contributed by atoms with Crippen LogP contribution >= 0.6 is 0 Å². The van der Waals surface area contributed by atoms with E-state index in [1.54, 1.807) is 0 Å². The first-order valence-corrected chi connectivity index (χ1v) is 8.07. The summed E-state index contributed by atoms with van der Waals surface area (Å²) in [5.74, 6) is 2.92. The summed E-state index contributed by atoms with van der Waals surface area (Å²) in [4.78, 5) is 9.67. The van der Waals surface area contributed by atoms with Gasteiger partial charge in [-0.05, 0) is 31.7 Å². The highest BCUT2D eigenvalue weighted by Crippen LogP contribution is 2.27. The van der Waals surface area contributed by atoms with Gasteiger partial charge in [0.1, 0.15) is 5.82 Å². The van der Waals surface area contributed by atoms with Crippen LogP contribution in [-0.2, 0) is 19.5 Å². The Bertz CT molecular complexity index is 443. The molecule has 0 spiro atoms. The van der Waals surface area contributed by atoms with Crippen molar-refractivity contribution in [3.63, 3.8) is 0 Å². The molecular formula is C16H28N4. The predicted octanol–water partition coefficient (Wildman–Crippen LogP) is 1.85. The Labute approximate surface area is 122 Å². The molecule has 0 aliphatic carbocycles. The minimum Gasteiger partial charge on any atom is -0.331 e. The van der Waals surface area contributed by atoms with Gasteiger partial charge in [0, 0.05) is 44.6 Å². The number of piperazine rings is 1. The number of aromatic nitrogens is 2. The van der Waals surface area contributed by atoms with Crippen LogP contribution in [0.4, 0.5) is 0 Å². The van der Waals surface area contributed by atoms with Crippen molar-refractivity contribution in [2.24, 2.45) is 11.8 Å². The van der Waals surface area contributed by atoms with Gasteiger partial charge in [0.2, 0.25) is 0 Å². The number of rotatable bonds is 3. The molecule has 0 saturated carbocycles. The van der Waals surface area contributed by atoms with Gasteiger partial charge in [-0.2, -0.15) is 0 Å². The van der Waals surface area contributed by atoms with E-state index in [0.717, 1.165) is 18.4 Å². The summed E-state index contributed by atoms with van der Waals surface area (Å²) in [7, 11) is 2.21. The molecule has 4 heteroatoms. The molecule has 0 aromatic carbocycles. The fourth-order valence-electron chi connectivity index (χ4n) is 3.46. The maximum Gasteiger partial charge on any atom is 0.123 e. The highest BCUT2D eigenvalue weighted by atomic mass is 15.3. The zero-order valence-corrected chi connectivity index (χ0v) is 13.2. The molecule has 0 radical (unpaired) electrons. The summed E-state index contributed by atoms with van der Waals surface area (Å²) in [5.41, 5.74) is 1.46. The van der Waals surface area contributed by atoms with Crippen molar-refractivity contribution >= 4 is 0 Å². The lowest BCUT2D eigenvalue weighted by Gasteiger charge is -2.33. The van der Waals surface area contributed by atoms with Gasteiger partial charge in [-0.25, -0.2) is 4.98 Å². The molecular weight excluding hydrogens is 248 g/mol. The van der Waals surface area contributed by atoms with Crippen molar-refractivity contribution in [3.05, 3.63) is 17.7 Å². The second kappa shape index (κ2) is 5.86. The van der Waals surface area contributed by atoms with Crippen molar-refractivity contribution in [3.8, 4) is 0 Å². The Morgan fingerprint density at radius 2 is 1.95 bits per heavy atom. The fraction of sp³-hybridized carbons (Fsp3) is 0.812. The zero-order valence-electron chi connectivity index (χ0n) is 13.2. The van der Waals surface area contributed by atoms with Crippen molar-refractivity contribution in [2.45, 2.75) is 39.8 Å². The van der Waals surface area contributed by atoms with E-state index in [2.05, 4.69) is 41.5 Å². The van der Waals surface area contributed by atoms with Crippen molar-refractivity contribution in [1.82, 2.24) is 19.4 Å². The van der Waals surface area contributed by atoms with E-state index in [0.29, 0.717) is 0 Å². The number of fused-ring (bicyclic) bond motifs is 1. The van der Waals surface area contributed by atoms with Crippen LogP contribution in [0, 0.1) is 11.8 Å². The monoisotopic (exact) mass is 276 g/mol. The zero-order chi connectivity index (χ0) is 14.1. The van der Waals surface area contributed by atoms with E-state index in [4.69, 9.17) is 4.98 Å². The van der Waals surface area contributed by atoms with Crippen LogP contribution in [0.2, 0.25) is 0 Å². The topological polar surface area (TPSA) is 24.3 Å².